The van der Waals surface area contributed by atoms with Crippen LogP contribution >= 0.6 is 0 Å². The lowest BCUT2D eigenvalue weighted by Crippen LogP contribution is -2.21. The van der Waals surface area contributed by atoms with Gasteiger partial charge in [0, 0.05) is 5.41 Å². The van der Waals surface area contributed by atoms with Crippen LogP contribution in [0.2, 0.25) is 0 Å². The molecule has 0 radical (unpaired) electrons. The van der Waals surface area contributed by atoms with Crippen molar-refractivity contribution >= 4 is 12.4 Å². The molecule has 0 saturated heterocycles. The van der Waals surface area contributed by atoms with Crippen molar-refractivity contribution in [2.45, 2.75) is 20.3 Å². The van der Waals surface area contributed by atoms with Crippen molar-refractivity contribution < 1.29 is 4.94 Å². The van der Waals surface area contributed by atoms with Crippen molar-refractivity contribution in [3.8, 4) is 0 Å². The predicted molar refractivity (Wildman–Crippen MR) is 36.5 cm³/mol. The topological polar surface area (TPSA) is 34.0 Å². The number of nitrogens with zero attached hydrogens (tertiary/aromatic N) is 2. The summed E-state index contributed by atoms with van der Waals surface area (Å²) in [5, 5.41) is 7.16. The van der Waals surface area contributed by atoms with Crippen molar-refractivity contribution in [3.63, 3.8) is 0 Å². The minimum Gasteiger partial charge on any atom is -0.245 e. The van der Waals surface area contributed by atoms with Crippen LogP contribution in [-0.4, -0.2) is 12.4 Å². The van der Waals surface area contributed by atoms with E-state index in [0.717, 1.165) is 6.42 Å². The molecule has 3 nitrogen and oxygen atoms in total. The normalized spacial score (nSPS) is 21.6. The van der Waals surface area contributed by atoms with Gasteiger partial charge in [-0.1, -0.05) is 17.2 Å². The molecule has 0 aromatic rings. The number of rotatable bonds is 1. The lowest BCUT2D eigenvalue weighted by atomic mass is 9.91. The van der Waals surface area contributed by atoms with Crippen LogP contribution in [0, 0.1) is 5.41 Å². The molecule has 0 atom stereocenters. The van der Waals surface area contributed by atoms with Gasteiger partial charge in [0.15, 0.2) is 0 Å². The van der Waals surface area contributed by atoms with Gasteiger partial charge >= 0.3 is 0 Å². The Hall–Kier alpha value is -0.860. The standard InChI is InChI=1S/C6H10N2O/c1-3-6(2)4-7-9-8-5-6/h4-5H,3H2,1-2H3. The second kappa shape index (κ2) is 2.17. The van der Waals surface area contributed by atoms with Crippen LogP contribution in [0.3, 0.4) is 0 Å². The molecule has 0 aromatic heterocycles. The first-order chi connectivity index (χ1) is 4.27. The van der Waals surface area contributed by atoms with Crippen LogP contribution in [-0.2, 0) is 4.94 Å². The van der Waals surface area contributed by atoms with E-state index in [2.05, 4.69) is 29.1 Å². The lowest BCUT2D eigenvalue weighted by Gasteiger charge is -2.17. The van der Waals surface area contributed by atoms with Gasteiger partial charge in [0.05, 0.1) is 12.4 Å². The molecule has 0 amide bonds. The summed E-state index contributed by atoms with van der Waals surface area (Å²) in [4.78, 5) is 4.41. The summed E-state index contributed by atoms with van der Waals surface area (Å²) in [6.45, 7) is 4.14. The minimum absolute atomic E-state index is 0.0122. The molecule has 9 heavy (non-hydrogen) atoms. The monoisotopic (exact) mass is 126 g/mol. The van der Waals surface area contributed by atoms with Gasteiger partial charge in [0.1, 0.15) is 0 Å². The number of oxime groups is 2. The summed E-state index contributed by atoms with van der Waals surface area (Å²) < 4.78 is 0. The van der Waals surface area contributed by atoms with E-state index in [4.69, 9.17) is 0 Å². The Kier molecular flexibility index (Phi) is 1.51. The highest BCUT2D eigenvalue weighted by Crippen LogP contribution is 2.17. The molecule has 0 fully saturated rings. The van der Waals surface area contributed by atoms with Crippen LogP contribution in [0.15, 0.2) is 10.3 Å². The number of hydrogen-bond acceptors (Lipinski definition) is 3. The van der Waals surface area contributed by atoms with Gasteiger partial charge in [0.25, 0.3) is 0 Å². The molecule has 50 valence electrons. The summed E-state index contributed by atoms with van der Waals surface area (Å²) >= 11 is 0. The van der Waals surface area contributed by atoms with Crippen LogP contribution in [0.5, 0.6) is 0 Å². The van der Waals surface area contributed by atoms with Gasteiger partial charge < -0.3 is 0 Å². The molecule has 0 aromatic carbocycles. The molecule has 1 heterocycles. The fourth-order valence-electron chi connectivity index (χ4n) is 0.531. The molecule has 0 aliphatic carbocycles. The largest absolute Gasteiger partial charge is 0.245 e. The van der Waals surface area contributed by atoms with E-state index in [0.29, 0.717) is 0 Å². The van der Waals surface area contributed by atoms with Crippen molar-refractivity contribution in [1.82, 2.24) is 0 Å². The zero-order valence-corrected chi connectivity index (χ0v) is 5.66. The van der Waals surface area contributed by atoms with E-state index in [-0.39, 0.29) is 5.41 Å². The molecule has 0 saturated carbocycles. The zero-order valence-electron chi connectivity index (χ0n) is 5.66. The zero-order chi connectivity index (χ0) is 6.74. The van der Waals surface area contributed by atoms with Gasteiger partial charge in [-0.15, -0.1) is 0 Å². The fourth-order valence-corrected chi connectivity index (χ4v) is 0.531. The minimum atomic E-state index is 0.0122. The van der Waals surface area contributed by atoms with Gasteiger partial charge in [-0.25, -0.2) is 4.94 Å². The average molecular weight is 126 g/mol. The Balaban J connectivity index is 2.67. The Morgan fingerprint density at radius 3 is 2.33 bits per heavy atom. The van der Waals surface area contributed by atoms with E-state index < -0.39 is 0 Å². The van der Waals surface area contributed by atoms with E-state index in [1.807, 2.05) is 0 Å². The Morgan fingerprint density at radius 2 is 2.00 bits per heavy atom. The first-order valence-corrected chi connectivity index (χ1v) is 3.02. The maximum absolute atomic E-state index is 4.41. The quantitative estimate of drug-likeness (QED) is 0.523. The van der Waals surface area contributed by atoms with Crippen LogP contribution in [0.1, 0.15) is 20.3 Å². The molecule has 0 unspecified atom stereocenters. The van der Waals surface area contributed by atoms with Crippen LogP contribution in [0.25, 0.3) is 0 Å². The van der Waals surface area contributed by atoms with E-state index in [9.17, 15) is 0 Å². The van der Waals surface area contributed by atoms with Crippen molar-refractivity contribution in [2.24, 2.45) is 15.7 Å². The fraction of sp³-hybridized carbons (Fsp3) is 0.667. The highest BCUT2D eigenvalue weighted by Gasteiger charge is 2.19. The summed E-state index contributed by atoms with van der Waals surface area (Å²) in [5.74, 6) is 0. The predicted octanol–water partition coefficient (Wildman–Crippen LogP) is 1.40. The van der Waals surface area contributed by atoms with Crippen molar-refractivity contribution in [1.29, 1.82) is 0 Å². The van der Waals surface area contributed by atoms with Gasteiger partial charge in [-0.3, -0.25) is 0 Å². The third-order valence-corrected chi connectivity index (χ3v) is 1.55. The molecule has 3 heteroatoms. The van der Waals surface area contributed by atoms with E-state index >= 15 is 0 Å². The van der Waals surface area contributed by atoms with E-state index in [1.165, 1.54) is 0 Å². The maximum Gasteiger partial charge on any atom is 0.0584 e. The molecule has 1 aliphatic rings. The second-order valence-electron chi connectivity index (χ2n) is 2.41. The van der Waals surface area contributed by atoms with E-state index in [1.54, 1.807) is 12.4 Å². The van der Waals surface area contributed by atoms with Gasteiger partial charge in [-0.2, -0.15) is 0 Å². The van der Waals surface area contributed by atoms with Crippen molar-refractivity contribution in [3.05, 3.63) is 0 Å². The Labute approximate surface area is 54.4 Å². The molecular formula is C6H10N2O. The molecule has 1 aliphatic heterocycles. The second-order valence-corrected chi connectivity index (χ2v) is 2.41. The molecule has 0 bridgehead atoms. The summed E-state index contributed by atoms with van der Waals surface area (Å²) in [6, 6.07) is 0. The summed E-state index contributed by atoms with van der Waals surface area (Å²) in [6.07, 6.45) is 4.53. The molecular weight excluding hydrogens is 116 g/mol. The maximum atomic E-state index is 4.41. The summed E-state index contributed by atoms with van der Waals surface area (Å²) in [5.41, 5.74) is 0.0122. The molecule has 0 spiro atoms. The highest BCUT2D eigenvalue weighted by molar-refractivity contribution is 5.88. The first kappa shape index (κ1) is 6.26. The SMILES string of the molecule is CCC1(C)C=NON=C1. The van der Waals surface area contributed by atoms with Gasteiger partial charge in [-0.05, 0) is 13.3 Å². The first-order valence-electron chi connectivity index (χ1n) is 3.02. The average Bonchev–Trinajstić information content (AvgIpc) is 1.90. The van der Waals surface area contributed by atoms with Crippen LogP contribution in [0.4, 0.5) is 0 Å². The van der Waals surface area contributed by atoms with Crippen molar-refractivity contribution in [2.75, 3.05) is 0 Å². The smallest absolute Gasteiger partial charge is 0.0584 e. The Bertz CT molecular complexity index is 139. The molecule has 1 rings (SSSR count). The Morgan fingerprint density at radius 1 is 1.44 bits per heavy atom. The lowest BCUT2D eigenvalue weighted by molar-refractivity contribution is 0.148. The van der Waals surface area contributed by atoms with Crippen LogP contribution < -0.4 is 0 Å². The highest BCUT2D eigenvalue weighted by atomic mass is 16.8. The molecule has 0 N–H and O–H groups in total. The summed E-state index contributed by atoms with van der Waals surface area (Å²) in [7, 11) is 0. The third-order valence-electron chi connectivity index (χ3n) is 1.55. The third kappa shape index (κ3) is 1.28. The van der Waals surface area contributed by atoms with Gasteiger partial charge in [0.2, 0.25) is 0 Å². The number of hydrogen-bond donors (Lipinski definition) is 0.